The van der Waals surface area contributed by atoms with Crippen LogP contribution in [0.15, 0.2) is 48.6 Å². The van der Waals surface area contributed by atoms with Crippen molar-refractivity contribution in [2.45, 2.75) is 63.6 Å². The van der Waals surface area contributed by atoms with Crippen LogP contribution in [0.4, 0.5) is 0 Å². The van der Waals surface area contributed by atoms with Gasteiger partial charge < -0.3 is 24.8 Å². The fourth-order valence-electron chi connectivity index (χ4n) is 8.93. The number of rotatable bonds is 3. The molecule has 192 valence electrons. The summed E-state index contributed by atoms with van der Waals surface area (Å²) in [7, 11) is 0. The maximum atomic E-state index is 14.1. The lowest BCUT2D eigenvalue weighted by atomic mass is 9.35. The van der Waals surface area contributed by atoms with E-state index in [2.05, 4.69) is 6.58 Å². The lowest BCUT2D eigenvalue weighted by Gasteiger charge is -2.74. The lowest BCUT2D eigenvalue weighted by molar-refractivity contribution is -0.458. The van der Waals surface area contributed by atoms with Crippen LogP contribution in [0.5, 0.6) is 0 Å². The predicted octanol–water partition coefficient (Wildman–Crippen LogP) is 2.64. The van der Waals surface area contributed by atoms with Crippen LogP contribution in [0.3, 0.4) is 0 Å². The van der Waals surface area contributed by atoms with Gasteiger partial charge in [0.15, 0.2) is 5.78 Å². The fourth-order valence-corrected chi connectivity index (χ4v) is 8.93. The molecule has 6 aliphatic rings. The third-order valence-electron chi connectivity index (χ3n) is 10.3. The molecule has 2 spiro atoms. The summed E-state index contributed by atoms with van der Waals surface area (Å²) in [5, 5.41) is 35.4. The molecule has 4 saturated carbocycles. The number of ketones is 1. The molecule has 36 heavy (non-hydrogen) atoms. The highest BCUT2D eigenvalue weighted by Gasteiger charge is 2.87. The smallest absolute Gasteiger partial charge is 0.331 e. The highest BCUT2D eigenvalue weighted by atomic mass is 16.6. The summed E-state index contributed by atoms with van der Waals surface area (Å²) >= 11 is 0. The minimum Gasteiger partial charge on any atom is -0.457 e. The Balaban J connectivity index is 1.46. The molecule has 1 aromatic rings. The van der Waals surface area contributed by atoms with Gasteiger partial charge in [-0.05, 0) is 54.2 Å². The van der Waals surface area contributed by atoms with Gasteiger partial charge in [-0.1, -0.05) is 50.8 Å². The largest absolute Gasteiger partial charge is 0.457 e. The van der Waals surface area contributed by atoms with E-state index in [1.807, 2.05) is 44.2 Å². The number of esters is 1. The van der Waals surface area contributed by atoms with Crippen molar-refractivity contribution in [1.82, 2.24) is 0 Å². The van der Waals surface area contributed by atoms with Crippen LogP contribution in [0.1, 0.15) is 45.1 Å². The van der Waals surface area contributed by atoms with Crippen molar-refractivity contribution >= 4 is 17.8 Å². The van der Waals surface area contributed by atoms with Gasteiger partial charge in [0.05, 0.1) is 12.7 Å². The molecule has 1 aromatic carbocycles. The maximum absolute atomic E-state index is 14.1. The van der Waals surface area contributed by atoms with Gasteiger partial charge in [-0.3, -0.25) is 4.79 Å². The predicted molar refractivity (Wildman–Crippen MR) is 130 cm³/mol. The van der Waals surface area contributed by atoms with Crippen LogP contribution in [0.25, 0.3) is 6.08 Å². The van der Waals surface area contributed by atoms with Gasteiger partial charge in [0, 0.05) is 23.3 Å². The summed E-state index contributed by atoms with van der Waals surface area (Å²) in [4.78, 5) is 27.1. The molecule has 2 aliphatic heterocycles. The molecule has 7 heteroatoms. The molecule has 4 aliphatic carbocycles. The normalized spacial score (nSPS) is 46.5. The second-order valence-electron chi connectivity index (χ2n) is 12.1. The summed E-state index contributed by atoms with van der Waals surface area (Å²) in [6, 6.07) is 9.31. The molecule has 9 unspecified atom stereocenters. The Labute approximate surface area is 210 Å². The first kappa shape index (κ1) is 24.0. The Bertz CT molecular complexity index is 1160. The van der Waals surface area contributed by atoms with Crippen molar-refractivity contribution in [3.8, 4) is 0 Å². The van der Waals surface area contributed by atoms with Gasteiger partial charge in [0.2, 0.25) is 5.79 Å². The standard InChI is InChI=1S/C29H34O7/c1-16-18-10-11-19-27-15-35-29(34,24(33)22(27)26(2,3)14-13-20(27)30)28(19,23(16)32)25(18)36-21(31)12-9-17-7-5-4-6-8-17/h4-9,12,18-20,22,24-25,30,33-34H,1,10-11,13-15H2,2-3H3/b12-9+. The number of carbonyl (C=O) groups is 2. The van der Waals surface area contributed by atoms with Gasteiger partial charge >= 0.3 is 5.97 Å². The van der Waals surface area contributed by atoms with Crippen LogP contribution in [-0.2, 0) is 19.1 Å². The molecule has 2 saturated heterocycles. The number of hydrogen-bond donors (Lipinski definition) is 3. The molecule has 2 heterocycles. The Kier molecular flexibility index (Phi) is 5.08. The van der Waals surface area contributed by atoms with Crippen molar-refractivity contribution in [1.29, 1.82) is 0 Å². The highest BCUT2D eigenvalue weighted by molar-refractivity contribution is 6.05. The van der Waals surface area contributed by atoms with E-state index in [0.717, 1.165) is 5.56 Å². The second kappa shape index (κ2) is 7.60. The van der Waals surface area contributed by atoms with Crippen molar-refractivity contribution in [3.63, 3.8) is 0 Å². The van der Waals surface area contributed by atoms with Crippen LogP contribution in [0, 0.1) is 34.0 Å². The molecule has 9 atom stereocenters. The first-order valence-corrected chi connectivity index (χ1v) is 12.9. The van der Waals surface area contributed by atoms with E-state index in [1.165, 1.54) is 6.08 Å². The average molecular weight is 495 g/mol. The molecular formula is C29H34O7. The highest BCUT2D eigenvalue weighted by Crippen LogP contribution is 2.76. The molecule has 4 bridgehead atoms. The summed E-state index contributed by atoms with van der Waals surface area (Å²) in [6.45, 7) is 8.16. The second-order valence-corrected chi connectivity index (χ2v) is 12.1. The van der Waals surface area contributed by atoms with Gasteiger partial charge in [-0.2, -0.15) is 0 Å². The van der Waals surface area contributed by atoms with Crippen molar-refractivity contribution in [2.75, 3.05) is 6.61 Å². The lowest BCUT2D eigenvalue weighted by Crippen LogP contribution is -2.85. The molecule has 0 amide bonds. The third-order valence-corrected chi connectivity index (χ3v) is 10.3. The van der Waals surface area contributed by atoms with E-state index in [-0.39, 0.29) is 12.2 Å². The number of benzene rings is 1. The zero-order valence-corrected chi connectivity index (χ0v) is 20.7. The van der Waals surface area contributed by atoms with Crippen molar-refractivity contribution in [3.05, 3.63) is 54.1 Å². The third kappa shape index (κ3) is 2.67. The minimum absolute atomic E-state index is 0.0429. The number of carbonyl (C=O) groups excluding carboxylic acids is 2. The summed E-state index contributed by atoms with van der Waals surface area (Å²) in [5.41, 5.74) is -1.94. The zero-order chi connectivity index (χ0) is 25.7. The maximum Gasteiger partial charge on any atom is 0.331 e. The zero-order valence-electron chi connectivity index (χ0n) is 20.7. The first-order valence-electron chi connectivity index (χ1n) is 12.9. The molecular weight excluding hydrogens is 460 g/mol. The summed E-state index contributed by atoms with van der Waals surface area (Å²) in [6.07, 6.45) is 1.94. The van der Waals surface area contributed by atoms with Gasteiger partial charge in [-0.15, -0.1) is 0 Å². The van der Waals surface area contributed by atoms with Crippen LogP contribution < -0.4 is 0 Å². The molecule has 0 aromatic heterocycles. The molecule has 0 radical (unpaired) electrons. The Morgan fingerprint density at radius 1 is 1.17 bits per heavy atom. The quantitative estimate of drug-likeness (QED) is 0.437. The number of ether oxygens (including phenoxy) is 2. The Morgan fingerprint density at radius 3 is 2.61 bits per heavy atom. The number of fused-ring (bicyclic) bond motifs is 2. The summed E-state index contributed by atoms with van der Waals surface area (Å²) < 4.78 is 12.0. The number of aliphatic hydroxyl groups excluding tert-OH is 2. The molecule has 7 rings (SSSR count). The average Bonchev–Trinajstić information content (AvgIpc) is 2.96. The van der Waals surface area contributed by atoms with E-state index in [1.54, 1.807) is 6.08 Å². The fraction of sp³-hybridized carbons (Fsp3) is 0.586. The van der Waals surface area contributed by atoms with Gasteiger partial charge in [0.1, 0.15) is 17.6 Å². The van der Waals surface area contributed by atoms with E-state index in [0.29, 0.717) is 25.7 Å². The van der Waals surface area contributed by atoms with Crippen LogP contribution in [0.2, 0.25) is 0 Å². The van der Waals surface area contributed by atoms with Crippen molar-refractivity contribution in [2.24, 2.45) is 34.0 Å². The van der Waals surface area contributed by atoms with E-state index < -0.39 is 69.9 Å². The number of Topliss-reactive ketones (excluding diaryl/α,β-unsaturated/α-hetero) is 1. The number of hydrogen-bond acceptors (Lipinski definition) is 7. The first-order chi connectivity index (χ1) is 17.0. The molecule has 7 nitrogen and oxygen atoms in total. The SMILES string of the molecule is C=C1C(=O)C23C(OC(=O)/C=C/c4ccccc4)C1CCC2C12COC3(O)C(O)C1C(C)(C)CCC2O. The van der Waals surface area contributed by atoms with E-state index >= 15 is 0 Å². The number of aliphatic hydroxyl groups is 3. The van der Waals surface area contributed by atoms with Crippen LogP contribution in [-0.4, -0.2) is 57.8 Å². The van der Waals surface area contributed by atoms with Gasteiger partial charge in [0.25, 0.3) is 0 Å². The molecule has 3 N–H and O–H groups in total. The monoisotopic (exact) mass is 494 g/mol. The Hall–Kier alpha value is -2.32. The van der Waals surface area contributed by atoms with Crippen molar-refractivity contribution < 1.29 is 34.4 Å². The van der Waals surface area contributed by atoms with Gasteiger partial charge in [-0.25, -0.2) is 4.79 Å². The van der Waals surface area contributed by atoms with E-state index in [9.17, 15) is 24.9 Å². The Morgan fingerprint density at radius 2 is 1.89 bits per heavy atom. The van der Waals surface area contributed by atoms with Crippen LogP contribution >= 0.6 is 0 Å². The molecule has 6 fully saturated rings. The van der Waals surface area contributed by atoms with E-state index in [4.69, 9.17) is 9.47 Å². The summed E-state index contributed by atoms with van der Waals surface area (Å²) in [5.74, 6) is -4.79. The topological polar surface area (TPSA) is 113 Å². The minimum atomic E-state index is -2.25.